The van der Waals surface area contributed by atoms with Crippen LogP contribution in [-0.4, -0.2) is 91.7 Å². The molecule has 3 aliphatic rings. The van der Waals surface area contributed by atoms with E-state index in [9.17, 15) is 19.5 Å². The average Bonchev–Trinajstić information content (AvgIpc) is 3.66. The molecule has 2 amide bonds. The molecule has 3 aliphatic heterocycles. The molecule has 11 heteroatoms. The van der Waals surface area contributed by atoms with Crippen LogP contribution in [0, 0.1) is 11.8 Å². The Labute approximate surface area is 221 Å². The number of hydrogen-bond donors (Lipinski definition) is 1. The summed E-state index contributed by atoms with van der Waals surface area (Å²) in [6.45, 7) is 6.55. The third-order valence-corrected chi connectivity index (χ3v) is 8.04. The minimum atomic E-state index is -1.09. The number of amides is 2. The first-order valence-electron chi connectivity index (χ1n) is 13.4. The molecule has 1 aromatic carbocycles. The zero-order valence-corrected chi connectivity index (χ0v) is 21.7. The summed E-state index contributed by atoms with van der Waals surface area (Å²) in [5.74, 6) is -2.43. The Morgan fingerprint density at radius 1 is 1.32 bits per heavy atom. The summed E-state index contributed by atoms with van der Waals surface area (Å²) in [6.07, 6.45) is 4.25. The molecule has 3 fully saturated rings. The van der Waals surface area contributed by atoms with Gasteiger partial charge in [-0.1, -0.05) is 23.4 Å². The van der Waals surface area contributed by atoms with E-state index in [1.54, 1.807) is 27.5 Å². The lowest BCUT2D eigenvalue weighted by molar-refractivity contribution is -0.155. The second kappa shape index (κ2) is 10.8. The van der Waals surface area contributed by atoms with Crippen molar-refractivity contribution in [3.05, 3.63) is 36.9 Å². The highest BCUT2D eigenvalue weighted by Crippen LogP contribution is 2.58. The van der Waals surface area contributed by atoms with E-state index in [2.05, 4.69) is 16.9 Å². The van der Waals surface area contributed by atoms with Gasteiger partial charge in [0.15, 0.2) is 0 Å². The fourth-order valence-electron chi connectivity index (χ4n) is 6.48. The van der Waals surface area contributed by atoms with E-state index in [-0.39, 0.29) is 38.2 Å². The molecule has 2 bridgehead atoms. The topological polar surface area (TPSA) is 127 Å². The number of para-hydroxylation sites is 1. The molecule has 0 radical (unpaired) electrons. The van der Waals surface area contributed by atoms with Crippen molar-refractivity contribution in [2.75, 3.05) is 26.3 Å². The van der Waals surface area contributed by atoms with Crippen LogP contribution in [0.4, 0.5) is 0 Å². The van der Waals surface area contributed by atoms with Gasteiger partial charge in [0.1, 0.15) is 23.8 Å². The molecule has 1 spiro atoms. The number of aliphatic hydroxyl groups is 1. The maximum Gasteiger partial charge on any atom is 0.312 e. The van der Waals surface area contributed by atoms with Gasteiger partial charge < -0.3 is 24.4 Å². The molecule has 1 N–H and O–H groups in total. The van der Waals surface area contributed by atoms with Gasteiger partial charge in [-0.2, -0.15) is 0 Å². The fourth-order valence-corrected chi connectivity index (χ4v) is 6.48. The van der Waals surface area contributed by atoms with Crippen LogP contribution in [-0.2, 0) is 30.5 Å². The SMILES string of the molecule is C=CCN(Cn1nnc2ccccc21)C(=O)[C@@H]1N(CCCCCO)C(=O)[C@H]2[C@H](C(=O)OCC)[C@@H]3CC[C@]12O3. The molecule has 0 saturated carbocycles. The van der Waals surface area contributed by atoms with Crippen LogP contribution >= 0.6 is 0 Å². The number of likely N-dealkylation sites (tertiary alicyclic amines) is 1. The van der Waals surface area contributed by atoms with E-state index in [0.717, 1.165) is 5.52 Å². The highest BCUT2D eigenvalue weighted by atomic mass is 16.6. The van der Waals surface area contributed by atoms with Crippen molar-refractivity contribution in [1.29, 1.82) is 0 Å². The number of rotatable bonds is 12. The molecule has 2 aromatic rings. The Hall–Kier alpha value is -3.31. The average molecular weight is 526 g/mol. The largest absolute Gasteiger partial charge is 0.466 e. The quantitative estimate of drug-likeness (QED) is 0.251. The van der Waals surface area contributed by atoms with E-state index >= 15 is 0 Å². The first kappa shape index (κ1) is 26.3. The number of unbranched alkanes of at least 4 members (excludes halogenated alkanes) is 2. The highest BCUT2D eigenvalue weighted by molar-refractivity contribution is 5.98. The number of aromatic nitrogens is 3. The monoisotopic (exact) mass is 525 g/mol. The summed E-state index contributed by atoms with van der Waals surface area (Å²) >= 11 is 0. The number of fused-ring (bicyclic) bond motifs is 2. The maximum absolute atomic E-state index is 14.4. The summed E-state index contributed by atoms with van der Waals surface area (Å²) < 4.78 is 13.4. The lowest BCUT2D eigenvalue weighted by atomic mass is 9.70. The third-order valence-electron chi connectivity index (χ3n) is 8.04. The highest BCUT2D eigenvalue weighted by Gasteiger charge is 2.75. The van der Waals surface area contributed by atoms with Crippen LogP contribution in [0.5, 0.6) is 0 Å². The Kier molecular flexibility index (Phi) is 7.49. The molecule has 5 rings (SSSR count). The van der Waals surface area contributed by atoms with Crippen LogP contribution in [0.1, 0.15) is 39.0 Å². The normalized spacial score (nSPS) is 27.6. The second-order valence-electron chi connectivity index (χ2n) is 10.2. The number of hydrogen-bond acceptors (Lipinski definition) is 8. The Balaban J connectivity index is 1.48. The number of benzene rings is 1. The summed E-state index contributed by atoms with van der Waals surface area (Å²) in [5, 5.41) is 17.6. The van der Waals surface area contributed by atoms with Gasteiger partial charge in [-0.25, -0.2) is 4.68 Å². The van der Waals surface area contributed by atoms with Crippen molar-refractivity contribution < 1.29 is 29.0 Å². The van der Waals surface area contributed by atoms with Crippen molar-refractivity contribution in [2.24, 2.45) is 11.8 Å². The number of nitrogens with zero attached hydrogens (tertiary/aromatic N) is 5. The lowest BCUT2D eigenvalue weighted by Crippen LogP contribution is -2.56. The van der Waals surface area contributed by atoms with Crippen LogP contribution in [0.25, 0.3) is 11.0 Å². The van der Waals surface area contributed by atoms with E-state index in [1.165, 1.54) is 0 Å². The predicted octanol–water partition coefficient (Wildman–Crippen LogP) is 1.50. The number of carbonyl (C=O) groups excluding carboxylic acids is 3. The number of aliphatic hydroxyl groups excluding tert-OH is 1. The van der Waals surface area contributed by atoms with Gasteiger partial charge in [-0.3, -0.25) is 14.4 Å². The van der Waals surface area contributed by atoms with Crippen molar-refractivity contribution >= 4 is 28.8 Å². The zero-order chi connectivity index (χ0) is 26.9. The predicted molar refractivity (Wildman–Crippen MR) is 136 cm³/mol. The van der Waals surface area contributed by atoms with Crippen molar-refractivity contribution in [3.8, 4) is 0 Å². The van der Waals surface area contributed by atoms with Gasteiger partial charge >= 0.3 is 5.97 Å². The number of esters is 1. The minimum absolute atomic E-state index is 0.0670. The van der Waals surface area contributed by atoms with Gasteiger partial charge in [-0.15, -0.1) is 11.7 Å². The van der Waals surface area contributed by atoms with Crippen LogP contribution in [0.2, 0.25) is 0 Å². The number of ether oxygens (including phenoxy) is 2. The third kappa shape index (κ3) is 4.27. The van der Waals surface area contributed by atoms with Crippen molar-refractivity contribution in [1.82, 2.24) is 24.8 Å². The summed E-state index contributed by atoms with van der Waals surface area (Å²) in [7, 11) is 0. The molecule has 3 saturated heterocycles. The minimum Gasteiger partial charge on any atom is -0.466 e. The molecule has 1 aromatic heterocycles. The van der Waals surface area contributed by atoms with Crippen LogP contribution < -0.4 is 0 Å². The fraction of sp³-hybridized carbons (Fsp3) is 0.593. The Morgan fingerprint density at radius 2 is 2.13 bits per heavy atom. The van der Waals surface area contributed by atoms with Crippen LogP contribution in [0.15, 0.2) is 36.9 Å². The number of carbonyl (C=O) groups is 3. The molecule has 5 atom stereocenters. The van der Waals surface area contributed by atoms with E-state index in [0.29, 0.717) is 44.2 Å². The van der Waals surface area contributed by atoms with E-state index < -0.39 is 35.6 Å². The summed E-state index contributed by atoms with van der Waals surface area (Å²) in [6, 6.07) is 6.62. The molecular weight excluding hydrogens is 490 g/mol. The second-order valence-corrected chi connectivity index (χ2v) is 10.2. The van der Waals surface area contributed by atoms with E-state index in [1.807, 2.05) is 24.3 Å². The molecule has 204 valence electrons. The Morgan fingerprint density at radius 3 is 2.89 bits per heavy atom. The van der Waals surface area contributed by atoms with Gasteiger partial charge in [0.25, 0.3) is 0 Å². The zero-order valence-electron chi connectivity index (χ0n) is 21.7. The summed E-state index contributed by atoms with van der Waals surface area (Å²) in [4.78, 5) is 44.4. The standard InChI is InChI=1S/C27H35N5O6/c1-3-14-30(17-32-19-11-7-6-10-18(19)28-29-32)25(35)23-27-13-12-20(38-27)21(26(36)37-4-2)22(27)24(34)31(23)15-8-5-9-16-33/h3,6-7,10-11,20-23,33H,1,4-5,8-9,12-17H2,2H3/t20-,21+,22+,23-,27+/m0/s1. The maximum atomic E-state index is 14.4. The molecule has 0 unspecified atom stereocenters. The van der Waals surface area contributed by atoms with Crippen molar-refractivity contribution in [3.63, 3.8) is 0 Å². The van der Waals surface area contributed by atoms with Gasteiger partial charge in [0.05, 0.1) is 30.1 Å². The van der Waals surface area contributed by atoms with Gasteiger partial charge in [0, 0.05) is 19.7 Å². The smallest absolute Gasteiger partial charge is 0.312 e. The molecule has 4 heterocycles. The van der Waals surface area contributed by atoms with E-state index in [4.69, 9.17) is 9.47 Å². The lowest BCUT2D eigenvalue weighted by Gasteiger charge is -2.36. The molecule has 0 aliphatic carbocycles. The molecule has 11 nitrogen and oxygen atoms in total. The summed E-state index contributed by atoms with van der Waals surface area (Å²) in [5.41, 5.74) is 0.417. The first-order valence-corrected chi connectivity index (χ1v) is 13.4. The Bertz CT molecular complexity index is 1220. The van der Waals surface area contributed by atoms with Crippen molar-refractivity contribution in [2.45, 2.75) is 63.4 Å². The molecular formula is C27H35N5O6. The first-order chi connectivity index (χ1) is 18.5. The molecule has 38 heavy (non-hydrogen) atoms. The van der Waals surface area contributed by atoms with Crippen LogP contribution in [0.3, 0.4) is 0 Å². The van der Waals surface area contributed by atoms with Gasteiger partial charge in [0.2, 0.25) is 11.8 Å². The van der Waals surface area contributed by atoms with Gasteiger partial charge in [-0.05, 0) is 51.2 Å².